The SMILES string of the molecule is O=S(=O)([O-])CCCC1(CCCS(=O)(=O)[O-])c2cc(Br)ccc2-c2ccc(Br)cc21.[Na+].[Na+]. The molecule has 0 aromatic heterocycles. The largest absolute Gasteiger partial charge is 1.00 e. The molecular weight excluding hydrogens is 594 g/mol. The molecule has 0 saturated heterocycles. The van der Waals surface area contributed by atoms with Crippen LogP contribution in [0.5, 0.6) is 0 Å². The number of fused-ring (bicyclic) bond motifs is 3. The summed E-state index contributed by atoms with van der Waals surface area (Å²) in [5.41, 5.74) is 3.14. The molecule has 0 saturated carbocycles. The van der Waals surface area contributed by atoms with E-state index in [4.69, 9.17) is 0 Å². The molecule has 3 rings (SSSR count). The van der Waals surface area contributed by atoms with Gasteiger partial charge in [-0.15, -0.1) is 0 Å². The van der Waals surface area contributed by atoms with Gasteiger partial charge in [-0.1, -0.05) is 44.0 Å². The maximum absolute atomic E-state index is 11.2. The molecular formula is C19H18Br2Na2O6S2. The van der Waals surface area contributed by atoms with Crippen molar-refractivity contribution in [1.82, 2.24) is 0 Å². The van der Waals surface area contributed by atoms with Crippen molar-refractivity contribution in [2.24, 2.45) is 0 Å². The maximum atomic E-state index is 11.2. The first-order valence-electron chi connectivity index (χ1n) is 8.89. The summed E-state index contributed by atoms with van der Waals surface area (Å²) in [6.45, 7) is 0. The van der Waals surface area contributed by atoms with Gasteiger partial charge in [0, 0.05) is 25.9 Å². The zero-order valence-electron chi connectivity index (χ0n) is 17.2. The second-order valence-corrected chi connectivity index (χ2v) is 12.1. The van der Waals surface area contributed by atoms with Crippen molar-refractivity contribution in [1.29, 1.82) is 0 Å². The van der Waals surface area contributed by atoms with Crippen LogP contribution < -0.4 is 59.1 Å². The summed E-state index contributed by atoms with van der Waals surface area (Å²) in [6.07, 6.45) is 0.961. The first-order chi connectivity index (χ1) is 13.4. The Kier molecular flexibility index (Phi) is 11.5. The zero-order valence-corrected chi connectivity index (χ0v) is 26.0. The van der Waals surface area contributed by atoms with E-state index in [1.807, 2.05) is 36.4 Å². The molecule has 0 N–H and O–H groups in total. The minimum absolute atomic E-state index is 0. The van der Waals surface area contributed by atoms with Crippen molar-refractivity contribution in [3.05, 3.63) is 56.5 Å². The summed E-state index contributed by atoms with van der Waals surface area (Å²) >= 11 is 6.95. The number of hydrogen-bond donors (Lipinski definition) is 0. The van der Waals surface area contributed by atoms with E-state index >= 15 is 0 Å². The van der Waals surface area contributed by atoms with E-state index in [1.54, 1.807) is 0 Å². The monoisotopic (exact) mass is 610 g/mol. The fraction of sp³-hybridized carbons (Fsp3) is 0.368. The predicted molar refractivity (Wildman–Crippen MR) is 116 cm³/mol. The normalized spacial score (nSPS) is 14.2. The zero-order chi connectivity index (χ0) is 21.4. The van der Waals surface area contributed by atoms with E-state index in [2.05, 4.69) is 31.9 Å². The smallest absolute Gasteiger partial charge is 0.748 e. The molecule has 0 spiro atoms. The Labute approximate surface area is 244 Å². The van der Waals surface area contributed by atoms with Crippen LogP contribution in [-0.4, -0.2) is 37.4 Å². The second-order valence-electron chi connectivity index (χ2n) is 7.19. The first-order valence-corrected chi connectivity index (χ1v) is 13.6. The minimum atomic E-state index is -4.37. The van der Waals surface area contributed by atoms with Crippen molar-refractivity contribution < 1.29 is 85.1 Å². The number of hydrogen-bond acceptors (Lipinski definition) is 6. The Morgan fingerprint density at radius 1 is 0.710 bits per heavy atom. The summed E-state index contributed by atoms with van der Waals surface area (Å²) < 4.78 is 68.6. The molecule has 0 atom stereocenters. The third kappa shape index (κ3) is 7.60. The molecule has 0 aliphatic heterocycles. The van der Waals surface area contributed by atoms with Gasteiger partial charge in [0.2, 0.25) is 0 Å². The number of halogens is 2. The fourth-order valence-electron chi connectivity index (χ4n) is 4.20. The van der Waals surface area contributed by atoms with E-state index in [9.17, 15) is 25.9 Å². The van der Waals surface area contributed by atoms with E-state index < -0.39 is 37.2 Å². The standard InChI is InChI=1S/C19H20Br2O6S2.2Na/c20-13-3-5-15-16-6-4-14(21)12-18(16)19(17(15)11-13,7-1-9-28(22,23)24)8-2-10-29(25,26)27;;/h3-6,11-12H,1-2,7-10H2,(H,22,23,24)(H,25,26,27);;/q;2*+1/p-2. The van der Waals surface area contributed by atoms with Gasteiger partial charge in [0.05, 0.1) is 20.2 Å². The molecule has 12 heteroatoms. The first kappa shape index (κ1) is 30.3. The van der Waals surface area contributed by atoms with Crippen LogP contribution in [-0.2, 0) is 25.7 Å². The Morgan fingerprint density at radius 2 is 1.06 bits per heavy atom. The molecule has 0 heterocycles. The van der Waals surface area contributed by atoms with E-state index in [1.165, 1.54) is 0 Å². The van der Waals surface area contributed by atoms with Gasteiger partial charge in [0.1, 0.15) is 0 Å². The van der Waals surface area contributed by atoms with Gasteiger partial charge in [-0.3, -0.25) is 0 Å². The van der Waals surface area contributed by atoms with Crippen LogP contribution in [0.1, 0.15) is 36.8 Å². The van der Waals surface area contributed by atoms with Gasteiger partial charge in [-0.2, -0.15) is 0 Å². The third-order valence-electron chi connectivity index (χ3n) is 5.28. The average molecular weight is 612 g/mol. The minimum Gasteiger partial charge on any atom is -0.748 e. The van der Waals surface area contributed by atoms with Crippen molar-refractivity contribution in [2.75, 3.05) is 11.5 Å². The number of rotatable bonds is 8. The second kappa shape index (κ2) is 11.8. The fourth-order valence-corrected chi connectivity index (χ4v) is 5.92. The quantitative estimate of drug-likeness (QED) is 0.255. The van der Waals surface area contributed by atoms with Crippen LogP contribution in [0.4, 0.5) is 0 Å². The average Bonchev–Trinajstić information content (AvgIpc) is 2.82. The molecule has 2 aromatic rings. The summed E-state index contributed by atoms with van der Waals surface area (Å²) in [5.74, 6) is -0.997. The molecule has 0 radical (unpaired) electrons. The van der Waals surface area contributed by atoms with E-state index in [0.29, 0.717) is 12.8 Å². The molecule has 0 bridgehead atoms. The van der Waals surface area contributed by atoms with Gasteiger partial charge in [0.15, 0.2) is 0 Å². The predicted octanol–water partition coefficient (Wildman–Crippen LogP) is -1.86. The Morgan fingerprint density at radius 3 is 1.39 bits per heavy atom. The van der Waals surface area contributed by atoms with Gasteiger partial charge in [-0.25, -0.2) is 16.8 Å². The van der Waals surface area contributed by atoms with E-state index in [0.717, 1.165) is 31.2 Å². The molecule has 0 fully saturated rings. The third-order valence-corrected chi connectivity index (χ3v) is 7.84. The molecule has 0 unspecified atom stereocenters. The van der Waals surface area contributed by atoms with Crippen molar-refractivity contribution in [3.63, 3.8) is 0 Å². The summed E-state index contributed by atoms with van der Waals surface area (Å²) in [4.78, 5) is 0. The van der Waals surface area contributed by atoms with Crippen molar-refractivity contribution in [2.45, 2.75) is 31.1 Å². The Bertz CT molecular complexity index is 1060. The molecule has 2 aromatic carbocycles. The summed E-state index contributed by atoms with van der Waals surface area (Å²) in [6, 6.07) is 11.6. The van der Waals surface area contributed by atoms with Crippen LogP contribution in [0, 0.1) is 0 Å². The van der Waals surface area contributed by atoms with Crippen LogP contribution in [0.15, 0.2) is 45.3 Å². The van der Waals surface area contributed by atoms with E-state index in [-0.39, 0.29) is 72.0 Å². The molecule has 158 valence electrons. The van der Waals surface area contributed by atoms with Crippen molar-refractivity contribution in [3.8, 4) is 11.1 Å². The van der Waals surface area contributed by atoms with Gasteiger partial charge >= 0.3 is 59.1 Å². The molecule has 1 aliphatic rings. The van der Waals surface area contributed by atoms with Crippen LogP contribution in [0.2, 0.25) is 0 Å². The van der Waals surface area contributed by atoms with Gasteiger partial charge < -0.3 is 9.11 Å². The Hall–Kier alpha value is 1.22. The topological polar surface area (TPSA) is 114 Å². The van der Waals surface area contributed by atoms with Crippen LogP contribution in [0.3, 0.4) is 0 Å². The molecule has 31 heavy (non-hydrogen) atoms. The van der Waals surface area contributed by atoms with Gasteiger partial charge in [-0.05, 0) is 72.2 Å². The summed E-state index contributed by atoms with van der Waals surface area (Å²) in [7, 11) is -8.74. The van der Waals surface area contributed by atoms with Crippen LogP contribution in [0.25, 0.3) is 11.1 Å². The molecule has 1 aliphatic carbocycles. The molecule has 6 nitrogen and oxygen atoms in total. The van der Waals surface area contributed by atoms with Crippen molar-refractivity contribution >= 4 is 52.1 Å². The number of benzene rings is 2. The van der Waals surface area contributed by atoms with Crippen LogP contribution >= 0.6 is 31.9 Å². The maximum Gasteiger partial charge on any atom is 1.00 e. The van der Waals surface area contributed by atoms with Gasteiger partial charge in [0.25, 0.3) is 0 Å². The Balaban J connectivity index is 0.00000240. The summed E-state index contributed by atoms with van der Waals surface area (Å²) in [5, 5.41) is 0. The molecule has 0 amide bonds.